The summed E-state index contributed by atoms with van der Waals surface area (Å²) in [6.07, 6.45) is 3.01. The number of hydrogen-bond acceptors (Lipinski definition) is 2. The van der Waals surface area contributed by atoms with Crippen LogP contribution in [-0.4, -0.2) is 17.4 Å². The second-order valence-electron chi connectivity index (χ2n) is 5.39. The first-order valence-corrected chi connectivity index (χ1v) is 7.85. The minimum atomic E-state index is -0.208. The molecule has 1 heterocycles. The van der Waals surface area contributed by atoms with Crippen molar-refractivity contribution in [3.63, 3.8) is 0 Å². The molecule has 0 aliphatic carbocycles. The van der Waals surface area contributed by atoms with Gasteiger partial charge in [0.05, 0.1) is 0 Å². The van der Waals surface area contributed by atoms with E-state index in [2.05, 4.69) is 4.98 Å². The molecule has 1 aromatic heterocycles. The molecule has 4 nitrogen and oxygen atoms in total. The smallest absolute Gasteiger partial charge is 0.255 e. The predicted octanol–water partition coefficient (Wildman–Crippen LogP) is 3.59. The van der Waals surface area contributed by atoms with E-state index >= 15 is 0 Å². The summed E-state index contributed by atoms with van der Waals surface area (Å²) in [6, 6.07) is 18.8. The Bertz CT molecular complexity index is 943. The van der Waals surface area contributed by atoms with E-state index in [0.717, 1.165) is 16.6 Å². The first-order chi connectivity index (χ1) is 11.7. The molecule has 1 amide bonds. The lowest BCUT2D eigenvalue weighted by Crippen LogP contribution is -2.28. The summed E-state index contributed by atoms with van der Waals surface area (Å²) in [7, 11) is 0. The molecule has 0 spiro atoms. The van der Waals surface area contributed by atoms with Crippen LogP contribution < -0.4 is 10.5 Å². The van der Waals surface area contributed by atoms with Gasteiger partial charge in [0.15, 0.2) is 0 Å². The summed E-state index contributed by atoms with van der Waals surface area (Å²) < 4.78 is 0. The molecule has 0 aliphatic rings. The zero-order valence-electron chi connectivity index (χ0n) is 13.4. The van der Waals surface area contributed by atoms with Gasteiger partial charge in [0.25, 0.3) is 11.5 Å². The van der Waals surface area contributed by atoms with Gasteiger partial charge in [-0.3, -0.25) is 9.59 Å². The highest BCUT2D eigenvalue weighted by Crippen LogP contribution is 2.14. The monoisotopic (exact) mass is 318 g/mol. The number of hydrogen-bond donors (Lipinski definition) is 1. The summed E-state index contributed by atoms with van der Waals surface area (Å²) in [5.41, 5.74) is 1.87. The molecule has 24 heavy (non-hydrogen) atoms. The molecule has 2 aromatic carbocycles. The molecule has 0 aliphatic heterocycles. The normalized spacial score (nSPS) is 11.0. The number of nitrogens with zero attached hydrogens (tertiary/aromatic N) is 1. The zero-order valence-corrected chi connectivity index (χ0v) is 13.4. The topological polar surface area (TPSA) is 53.2 Å². The average molecular weight is 318 g/mol. The van der Waals surface area contributed by atoms with Gasteiger partial charge < -0.3 is 9.88 Å². The fraction of sp³-hybridized carbons (Fsp3) is 0.100. The molecule has 0 fully saturated rings. The zero-order chi connectivity index (χ0) is 16.9. The Morgan fingerprint density at radius 1 is 1.08 bits per heavy atom. The van der Waals surface area contributed by atoms with E-state index in [9.17, 15) is 9.59 Å². The van der Waals surface area contributed by atoms with Crippen molar-refractivity contribution in [3.8, 4) is 0 Å². The van der Waals surface area contributed by atoms with Crippen molar-refractivity contribution in [3.05, 3.63) is 82.7 Å². The lowest BCUT2D eigenvalue weighted by molar-refractivity contribution is -0.114. The molecule has 3 rings (SSSR count). The van der Waals surface area contributed by atoms with Crippen LogP contribution in [0.5, 0.6) is 0 Å². The number of H-pyrrole nitrogens is 1. The van der Waals surface area contributed by atoms with Gasteiger partial charge in [-0.1, -0.05) is 36.4 Å². The second-order valence-corrected chi connectivity index (χ2v) is 5.39. The quantitative estimate of drug-likeness (QED) is 0.747. The first-order valence-electron chi connectivity index (χ1n) is 7.85. The molecule has 1 N–H and O–H groups in total. The van der Waals surface area contributed by atoms with Gasteiger partial charge in [-0.2, -0.15) is 0 Å². The maximum absolute atomic E-state index is 12.4. The number of nitrogens with one attached hydrogen (secondary N) is 1. The third-order valence-corrected chi connectivity index (χ3v) is 3.84. The van der Waals surface area contributed by atoms with Crippen molar-refractivity contribution in [2.75, 3.05) is 11.4 Å². The van der Waals surface area contributed by atoms with Gasteiger partial charge in [-0.05, 0) is 42.7 Å². The summed E-state index contributed by atoms with van der Waals surface area (Å²) in [5.74, 6) is -0.156. The summed E-state index contributed by atoms with van der Waals surface area (Å²) >= 11 is 0. The number of likely N-dealkylation sites (N-methyl/N-ethyl adjacent to an activating group) is 1. The van der Waals surface area contributed by atoms with E-state index in [4.69, 9.17) is 0 Å². The number of pyridine rings is 1. The molecule has 0 saturated carbocycles. The van der Waals surface area contributed by atoms with Crippen LogP contribution in [0.1, 0.15) is 12.5 Å². The van der Waals surface area contributed by atoms with Crippen LogP contribution in [0.15, 0.2) is 71.5 Å². The third-order valence-electron chi connectivity index (χ3n) is 3.84. The number of fused-ring (bicyclic) bond motifs is 1. The second kappa shape index (κ2) is 6.96. The fourth-order valence-electron chi connectivity index (χ4n) is 2.61. The molecule has 0 bridgehead atoms. The standard InChI is InChI=1S/C20H18N2O2/c1-2-22(17-9-4-3-5-10-17)19(23)13-12-16-14-15-8-6-7-11-18(15)21-20(16)24/h3-14H,2H2,1H3,(H,21,24)/b13-12+. The molecule has 0 atom stereocenters. The Labute approximate surface area is 140 Å². The van der Waals surface area contributed by atoms with Gasteiger partial charge in [-0.15, -0.1) is 0 Å². The maximum atomic E-state index is 12.4. The fourth-order valence-corrected chi connectivity index (χ4v) is 2.61. The van der Waals surface area contributed by atoms with E-state index < -0.39 is 0 Å². The molecule has 0 saturated heterocycles. The number of amides is 1. The van der Waals surface area contributed by atoms with Crippen LogP contribution >= 0.6 is 0 Å². The van der Waals surface area contributed by atoms with E-state index in [0.29, 0.717) is 12.1 Å². The van der Waals surface area contributed by atoms with Crippen LogP contribution in [0.25, 0.3) is 17.0 Å². The van der Waals surface area contributed by atoms with Crippen LogP contribution in [0, 0.1) is 0 Å². The Kier molecular flexibility index (Phi) is 4.57. The Hall–Kier alpha value is -3.14. The van der Waals surface area contributed by atoms with Crippen LogP contribution in [0.3, 0.4) is 0 Å². The van der Waals surface area contributed by atoms with Crippen LogP contribution in [-0.2, 0) is 4.79 Å². The molecule has 120 valence electrons. The van der Waals surface area contributed by atoms with Crippen LogP contribution in [0.2, 0.25) is 0 Å². The summed E-state index contributed by atoms with van der Waals surface area (Å²) in [6.45, 7) is 2.48. The minimum Gasteiger partial charge on any atom is -0.321 e. The number of aromatic amines is 1. The van der Waals surface area contributed by atoms with Crippen molar-refractivity contribution >= 4 is 28.6 Å². The predicted molar refractivity (Wildman–Crippen MR) is 98.1 cm³/mol. The molecule has 4 heteroatoms. The third kappa shape index (κ3) is 3.27. The van der Waals surface area contributed by atoms with Gasteiger partial charge in [0.1, 0.15) is 0 Å². The first kappa shape index (κ1) is 15.7. The molecule has 3 aromatic rings. The Morgan fingerprint density at radius 3 is 2.54 bits per heavy atom. The van der Waals surface area contributed by atoms with E-state index in [1.165, 1.54) is 6.08 Å². The highest BCUT2D eigenvalue weighted by atomic mass is 16.2. The highest BCUT2D eigenvalue weighted by molar-refractivity contribution is 6.03. The van der Waals surface area contributed by atoms with E-state index in [1.54, 1.807) is 17.0 Å². The molecule has 0 radical (unpaired) electrons. The van der Waals surface area contributed by atoms with Crippen molar-refractivity contribution in [1.82, 2.24) is 4.98 Å². The Morgan fingerprint density at radius 2 is 1.79 bits per heavy atom. The number of benzene rings is 2. The molecular formula is C20H18N2O2. The number of carbonyl (C=O) groups is 1. The average Bonchev–Trinajstić information content (AvgIpc) is 2.61. The summed E-state index contributed by atoms with van der Waals surface area (Å²) in [5, 5.41) is 0.930. The van der Waals surface area contributed by atoms with Crippen molar-refractivity contribution in [1.29, 1.82) is 0 Å². The SMILES string of the molecule is CCN(C(=O)/C=C/c1cc2ccccc2[nH]c1=O)c1ccccc1. The Balaban J connectivity index is 1.88. The number of rotatable bonds is 4. The van der Waals surface area contributed by atoms with Crippen LogP contribution in [0.4, 0.5) is 5.69 Å². The van der Waals surface area contributed by atoms with Gasteiger partial charge >= 0.3 is 0 Å². The van der Waals surface area contributed by atoms with Gasteiger partial charge in [0, 0.05) is 29.4 Å². The van der Waals surface area contributed by atoms with Crippen molar-refractivity contribution in [2.45, 2.75) is 6.92 Å². The lowest BCUT2D eigenvalue weighted by atomic mass is 10.1. The minimum absolute atomic E-state index is 0.156. The van der Waals surface area contributed by atoms with Crippen molar-refractivity contribution in [2.24, 2.45) is 0 Å². The largest absolute Gasteiger partial charge is 0.321 e. The van der Waals surface area contributed by atoms with Gasteiger partial charge in [0.2, 0.25) is 0 Å². The number of anilines is 1. The highest BCUT2D eigenvalue weighted by Gasteiger charge is 2.10. The van der Waals surface area contributed by atoms with E-state index in [-0.39, 0.29) is 11.5 Å². The lowest BCUT2D eigenvalue weighted by Gasteiger charge is -2.19. The molecular weight excluding hydrogens is 300 g/mol. The van der Waals surface area contributed by atoms with Crippen molar-refractivity contribution < 1.29 is 4.79 Å². The maximum Gasteiger partial charge on any atom is 0.255 e. The van der Waals surface area contributed by atoms with E-state index in [1.807, 2.05) is 61.5 Å². The van der Waals surface area contributed by atoms with Gasteiger partial charge in [-0.25, -0.2) is 0 Å². The number of para-hydroxylation sites is 2. The summed E-state index contributed by atoms with van der Waals surface area (Å²) in [4.78, 5) is 29.1. The number of carbonyl (C=O) groups excluding carboxylic acids is 1. The number of aromatic nitrogens is 1. The molecule has 0 unspecified atom stereocenters.